The Morgan fingerprint density at radius 1 is 1.28 bits per heavy atom. The van der Waals surface area contributed by atoms with E-state index in [-0.39, 0.29) is 12.2 Å². The molecule has 6 nitrogen and oxygen atoms in total. The third-order valence-electron chi connectivity index (χ3n) is 4.84. The predicted molar refractivity (Wildman–Crippen MR) is 94.4 cm³/mol. The molecule has 1 fully saturated rings. The van der Waals surface area contributed by atoms with Gasteiger partial charge < -0.3 is 5.11 Å². The second-order valence-electron chi connectivity index (χ2n) is 6.68. The van der Waals surface area contributed by atoms with Crippen LogP contribution in [0.15, 0.2) is 30.3 Å². The van der Waals surface area contributed by atoms with Gasteiger partial charge >= 0.3 is 5.97 Å². The number of carboxylic acids is 1. The van der Waals surface area contributed by atoms with Crippen LogP contribution in [0, 0.1) is 0 Å². The van der Waals surface area contributed by atoms with E-state index in [9.17, 15) is 19.5 Å². The third-order valence-corrected chi connectivity index (χ3v) is 4.84. The van der Waals surface area contributed by atoms with Gasteiger partial charge in [-0.25, -0.2) is 4.79 Å². The minimum atomic E-state index is -1.53. The molecule has 0 radical (unpaired) electrons. The molecule has 3 unspecified atom stereocenters. The highest BCUT2D eigenvalue weighted by Crippen LogP contribution is 2.22. The van der Waals surface area contributed by atoms with E-state index in [1.54, 1.807) is 6.92 Å². The molecule has 0 aromatic heterocycles. The van der Waals surface area contributed by atoms with Crippen molar-refractivity contribution in [3.8, 4) is 0 Å². The van der Waals surface area contributed by atoms with Gasteiger partial charge in [0.15, 0.2) is 11.3 Å². The molecular weight excluding hydrogens is 320 g/mol. The SMILES string of the molecule is CC(=O)C(CCc1ccccc1)NC(C)C(=O)C1(C(=O)O)CCCN1. The van der Waals surface area contributed by atoms with Gasteiger partial charge in [0.2, 0.25) is 0 Å². The number of hydrogen-bond donors (Lipinski definition) is 3. The van der Waals surface area contributed by atoms with Gasteiger partial charge in [-0.05, 0) is 51.6 Å². The number of carbonyl (C=O) groups excluding carboxylic acids is 2. The molecular formula is C19H26N2O4. The van der Waals surface area contributed by atoms with Gasteiger partial charge in [-0.1, -0.05) is 30.3 Å². The number of carboxylic acid groups (broad SMARTS) is 1. The van der Waals surface area contributed by atoms with Crippen LogP contribution >= 0.6 is 0 Å². The van der Waals surface area contributed by atoms with E-state index >= 15 is 0 Å². The highest BCUT2D eigenvalue weighted by Gasteiger charge is 2.49. The molecule has 1 heterocycles. The highest BCUT2D eigenvalue weighted by molar-refractivity contribution is 6.10. The van der Waals surface area contributed by atoms with Crippen molar-refractivity contribution in [1.29, 1.82) is 0 Å². The van der Waals surface area contributed by atoms with E-state index in [0.717, 1.165) is 5.56 Å². The summed E-state index contributed by atoms with van der Waals surface area (Å²) in [6.45, 7) is 3.63. The van der Waals surface area contributed by atoms with Crippen molar-refractivity contribution in [3.05, 3.63) is 35.9 Å². The van der Waals surface area contributed by atoms with Gasteiger partial charge in [-0.2, -0.15) is 0 Å². The fourth-order valence-electron chi connectivity index (χ4n) is 3.35. The number of aryl methyl sites for hydroxylation is 1. The van der Waals surface area contributed by atoms with Crippen LogP contribution in [0.25, 0.3) is 0 Å². The number of rotatable bonds is 9. The van der Waals surface area contributed by atoms with E-state index in [1.807, 2.05) is 30.3 Å². The van der Waals surface area contributed by atoms with E-state index < -0.39 is 29.4 Å². The van der Waals surface area contributed by atoms with Gasteiger partial charge in [0.05, 0.1) is 12.1 Å². The molecule has 136 valence electrons. The molecule has 6 heteroatoms. The lowest BCUT2D eigenvalue weighted by Crippen LogP contribution is -2.61. The summed E-state index contributed by atoms with van der Waals surface area (Å²) in [6.07, 6.45) is 2.20. The van der Waals surface area contributed by atoms with Crippen molar-refractivity contribution in [2.75, 3.05) is 6.54 Å². The molecule has 0 aliphatic carbocycles. The molecule has 0 spiro atoms. The molecule has 1 aliphatic heterocycles. The molecule has 2 rings (SSSR count). The van der Waals surface area contributed by atoms with Crippen LogP contribution in [0.1, 0.15) is 38.7 Å². The van der Waals surface area contributed by atoms with E-state index in [1.165, 1.54) is 6.92 Å². The van der Waals surface area contributed by atoms with Crippen LogP contribution in [-0.4, -0.2) is 46.8 Å². The van der Waals surface area contributed by atoms with Crippen LogP contribution in [-0.2, 0) is 20.8 Å². The molecule has 1 aromatic rings. The zero-order valence-electron chi connectivity index (χ0n) is 14.7. The summed E-state index contributed by atoms with van der Waals surface area (Å²) >= 11 is 0. The number of benzene rings is 1. The maximum atomic E-state index is 12.7. The van der Waals surface area contributed by atoms with E-state index in [4.69, 9.17) is 0 Å². The fourth-order valence-corrected chi connectivity index (χ4v) is 3.35. The lowest BCUT2D eigenvalue weighted by Gasteiger charge is -2.28. The maximum Gasteiger partial charge on any atom is 0.331 e. The largest absolute Gasteiger partial charge is 0.480 e. The third kappa shape index (κ3) is 4.52. The number of ketones is 2. The first kappa shape index (κ1) is 19.3. The second kappa shape index (κ2) is 8.36. The van der Waals surface area contributed by atoms with Crippen molar-refractivity contribution in [2.24, 2.45) is 0 Å². The topological polar surface area (TPSA) is 95.5 Å². The van der Waals surface area contributed by atoms with Crippen LogP contribution in [0.5, 0.6) is 0 Å². The summed E-state index contributed by atoms with van der Waals surface area (Å²) in [5.41, 5.74) is -0.415. The summed E-state index contributed by atoms with van der Waals surface area (Å²) in [7, 11) is 0. The van der Waals surface area contributed by atoms with E-state index in [0.29, 0.717) is 25.8 Å². The average molecular weight is 346 g/mol. The van der Waals surface area contributed by atoms with Gasteiger partial charge in [-0.3, -0.25) is 20.2 Å². The summed E-state index contributed by atoms with van der Waals surface area (Å²) < 4.78 is 0. The molecule has 1 aliphatic rings. The van der Waals surface area contributed by atoms with Crippen LogP contribution in [0.4, 0.5) is 0 Å². The van der Waals surface area contributed by atoms with Crippen molar-refractivity contribution in [2.45, 2.75) is 57.2 Å². The molecule has 1 aromatic carbocycles. The number of hydrogen-bond acceptors (Lipinski definition) is 5. The lowest BCUT2D eigenvalue weighted by atomic mass is 9.87. The Balaban J connectivity index is 2.01. The van der Waals surface area contributed by atoms with Crippen molar-refractivity contribution in [3.63, 3.8) is 0 Å². The van der Waals surface area contributed by atoms with Crippen LogP contribution in [0.2, 0.25) is 0 Å². The average Bonchev–Trinajstić information content (AvgIpc) is 3.09. The normalized spacial score (nSPS) is 22.3. The molecule has 1 saturated heterocycles. The Labute approximate surface area is 148 Å². The smallest absolute Gasteiger partial charge is 0.331 e. The Hall–Kier alpha value is -2.05. The number of carbonyl (C=O) groups is 3. The number of Topliss-reactive ketones (excluding diaryl/α,β-unsaturated/α-hetero) is 2. The van der Waals surface area contributed by atoms with Gasteiger partial charge in [0.1, 0.15) is 5.78 Å². The Morgan fingerprint density at radius 2 is 1.96 bits per heavy atom. The Bertz CT molecular complexity index is 624. The zero-order valence-corrected chi connectivity index (χ0v) is 14.7. The van der Waals surface area contributed by atoms with Crippen LogP contribution in [0.3, 0.4) is 0 Å². The number of nitrogens with one attached hydrogen (secondary N) is 2. The van der Waals surface area contributed by atoms with Gasteiger partial charge in [0.25, 0.3) is 0 Å². The minimum Gasteiger partial charge on any atom is -0.480 e. The Morgan fingerprint density at radius 3 is 2.48 bits per heavy atom. The summed E-state index contributed by atoms with van der Waals surface area (Å²) in [5, 5.41) is 15.4. The predicted octanol–water partition coefficient (Wildman–Crippen LogP) is 1.33. The standard InChI is InChI=1S/C19H26N2O4/c1-13(17(23)19(18(24)25)11-6-12-20-19)21-16(14(2)22)10-9-15-7-4-3-5-8-15/h3-5,7-8,13,16,20-21H,6,9-12H2,1-2H3,(H,24,25). The minimum absolute atomic E-state index is 0.0562. The molecule has 0 saturated carbocycles. The molecule has 0 amide bonds. The fraction of sp³-hybridized carbons (Fsp3) is 0.526. The van der Waals surface area contributed by atoms with Crippen molar-refractivity contribution < 1.29 is 19.5 Å². The van der Waals surface area contributed by atoms with Crippen molar-refractivity contribution in [1.82, 2.24) is 10.6 Å². The maximum absolute atomic E-state index is 12.7. The number of aliphatic carboxylic acids is 1. The second-order valence-corrected chi connectivity index (χ2v) is 6.68. The summed E-state index contributed by atoms with van der Waals surface area (Å²) in [4.78, 5) is 36.3. The van der Waals surface area contributed by atoms with Gasteiger partial charge in [-0.15, -0.1) is 0 Å². The first-order valence-corrected chi connectivity index (χ1v) is 8.70. The first-order chi connectivity index (χ1) is 11.9. The molecule has 25 heavy (non-hydrogen) atoms. The van der Waals surface area contributed by atoms with Gasteiger partial charge in [0, 0.05) is 0 Å². The first-order valence-electron chi connectivity index (χ1n) is 8.70. The Kier molecular flexibility index (Phi) is 6.45. The molecule has 0 bridgehead atoms. The summed E-state index contributed by atoms with van der Waals surface area (Å²) in [6, 6.07) is 8.62. The molecule has 3 atom stereocenters. The quantitative estimate of drug-likeness (QED) is 0.584. The monoisotopic (exact) mass is 346 g/mol. The van der Waals surface area contributed by atoms with E-state index in [2.05, 4.69) is 10.6 Å². The summed E-state index contributed by atoms with van der Waals surface area (Å²) in [5.74, 6) is -1.62. The zero-order chi connectivity index (χ0) is 18.4. The molecule has 3 N–H and O–H groups in total. The highest BCUT2D eigenvalue weighted by atomic mass is 16.4. The van der Waals surface area contributed by atoms with Crippen LogP contribution < -0.4 is 10.6 Å². The van der Waals surface area contributed by atoms with Crippen molar-refractivity contribution >= 4 is 17.5 Å². The lowest BCUT2D eigenvalue weighted by molar-refractivity contribution is -0.150.